The number of hydrogen-bond donors (Lipinski definition) is 6. The number of phenolic OH excluding ortho intramolecular Hbond substituents is 3. The van der Waals surface area contributed by atoms with E-state index in [1.54, 1.807) is 20.8 Å². The molecule has 0 aromatic heterocycles. The van der Waals surface area contributed by atoms with Gasteiger partial charge in [0, 0.05) is 42.5 Å². The van der Waals surface area contributed by atoms with Gasteiger partial charge in [0.25, 0.3) is 0 Å². The highest BCUT2D eigenvalue weighted by molar-refractivity contribution is 6.31. The smallest absolute Gasteiger partial charge is 0.202 e. The van der Waals surface area contributed by atoms with E-state index in [9.17, 15) is 40.2 Å². The normalized spacial score (nSPS) is 35.6. The predicted molar refractivity (Wildman–Crippen MR) is 177 cm³/mol. The van der Waals surface area contributed by atoms with Crippen molar-refractivity contribution in [1.82, 2.24) is 9.80 Å². The SMILES string of the molecule is CC[C@]1(O)C[C@@H](O[C@H]2C[C@@H](N(C)C)[C@@H](O)[C@@H](C)O2)c2cc3c(c(O)c2[C@H]1O[C@H]1C[C@@H](N(C)C)[C@@H](O)[C@@H](C)O1)C(=O)c1c(O)ccc(O)c1C3=O. The summed E-state index contributed by atoms with van der Waals surface area (Å²) >= 11 is 0. The first-order valence-electron chi connectivity index (χ1n) is 17.1. The Labute approximate surface area is 290 Å². The standard InChI is InChI=1S/C36H48N2O12/c1-8-36(46)14-23(49-24-12-19(37(4)5)30(41)15(2)47-24)17-11-18-26(34(45)29-22(40)10-9-21(39)28(29)32(18)43)33(44)27(17)35(36)50-25-13-20(38(6)7)31(42)16(3)48-25/h9-11,15-16,19-20,23-25,30-31,35,39-42,44,46H,8,12-14H2,1-7H3/t15-,16-,19-,20-,23-,24+,25+,30+,31+,35-,36+/m1/s1. The van der Waals surface area contributed by atoms with Crippen molar-refractivity contribution >= 4 is 11.6 Å². The van der Waals surface area contributed by atoms with Crippen molar-refractivity contribution in [3.8, 4) is 17.2 Å². The summed E-state index contributed by atoms with van der Waals surface area (Å²) in [5.41, 5.74) is -2.91. The molecule has 14 heteroatoms. The van der Waals surface area contributed by atoms with Crippen LogP contribution in [-0.4, -0.2) is 135 Å². The first-order chi connectivity index (χ1) is 23.5. The fraction of sp³-hybridized carbons (Fsp3) is 0.611. The van der Waals surface area contributed by atoms with Crippen molar-refractivity contribution in [2.45, 2.75) is 113 Å². The van der Waals surface area contributed by atoms with E-state index < -0.39 is 100 Å². The fourth-order valence-corrected chi connectivity index (χ4v) is 8.00. The largest absolute Gasteiger partial charge is 0.507 e. The summed E-state index contributed by atoms with van der Waals surface area (Å²) in [6.07, 6.45) is -6.42. The molecule has 2 heterocycles. The van der Waals surface area contributed by atoms with Crippen LogP contribution >= 0.6 is 0 Å². The number of aliphatic hydroxyl groups is 3. The number of ketones is 2. The molecule has 6 rings (SSSR count). The van der Waals surface area contributed by atoms with Gasteiger partial charge in [-0.1, -0.05) is 6.92 Å². The van der Waals surface area contributed by atoms with Crippen LogP contribution in [0.1, 0.15) is 102 Å². The highest BCUT2D eigenvalue weighted by Gasteiger charge is 2.53. The highest BCUT2D eigenvalue weighted by atomic mass is 16.7. The molecule has 0 radical (unpaired) electrons. The minimum absolute atomic E-state index is 0.00502. The molecule has 2 aromatic carbocycles. The van der Waals surface area contributed by atoms with Gasteiger partial charge in [0.15, 0.2) is 18.4 Å². The van der Waals surface area contributed by atoms with Gasteiger partial charge < -0.3 is 59.4 Å². The Morgan fingerprint density at radius 1 is 0.820 bits per heavy atom. The average Bonchev–Trinajstić information content (AvgIpc) is 3.05. The molecule has 2 aliphatic heterocycles. The molecule has 2 fully saturated rings. The second-order valence-corrected chi connectivity index (χ2v) is 14.5. The van der Waals surface area contributed by atoms with Gasteiger partial charge in [-0.2, -0.15) is 0 Å². The van der Waals surface area contributed by atoms with Crippen molar-refractivity contribution in [2.24, 2.45) is 0 Å². The summed E-state index contributed by atoms with van der Waals surface area (Å²) < 4.78 is 25.2. The van der Waals surface area contributed by atoms with Crippen molar-refractivity contribution in [1.29, 1.82) is 0 Å². The van der Waals surface area contributed by atoms with E-state index in [1.807, 2.05) is 38.0 Å². The lowest BCUT2D eigenvalue weighted by Crippen LogP contribution is -2.55. The van der Waals surface area contributed by atoms with Gasteiger partial charge in [-0.05, 0) is 72.2 Å². The van der Waals surface area contributed by atoms with Crippen LogP contribution in [0.3, 0.4) is 0 Å². The van der Waals surface area contributed by atoms with Gasteiger partial charge in [0.1, 0.15) is 23.4 Å². The fourth-order valence-electron chi connectivity index (χ4n) is 8.00. The van der Waals surface area contributed by atoms with Gasteiger partial charge in [0.2, 0.25) is 5.78 Å². The lowest BCUT2D eigenvalue weighted by molar-refractivity contribution is -0.289. The summed E-state index contributed by atoms with van der Waals surface area (Å²) in [6, 6.07) is 2.94. The molecule has 14 nitrogen and oxygen atoms in total. The van der Waals surface area contributed by atoms with Crippen LogP contribution in [-0.2, 0) is 18.9 Å². The second-order valence-electron chi connectivity index (χ2n) is 14.5. The molecule has 274 valence electrons. The van der Waals surface area contributed by atoms with Crippen LogP contribution in [0.15, 0.2) is 18.2 Å². The van der Waals surface area contributed by atoms with Crippen LogP contribution in [0.4, 0.5) is 0 Å². The van der Waals surface area contributed by atoms with Gasteiger partial charge in [0.05, 0.1) is 52.8 Å². The van der Waals surface area contributed by atoms with Gasteiger partial charge in [-0.3, -0.25) is 9.59 Å². The molecule has 2 aromatic rings. The molecule has 11 atom stereocenters. The summed E-state index contributed by atoms with van der Waals surface area (Å²) in [5, 5.41) is 67.3. The molecule has 0 spiro atoms. The van der Waals surface area contributed by atoms with Gasteiger partial charge >= 0.3 is 0 Å². The summed E-state index contributed by atoms with van der Waals surface area (Å²) in [4.78, 5) is 31.7. The molecular weight excluding hydrogens is 652 g/mol. The van der Waals surface area contributed by atoms with E-state index in [0.29, 0.717) is 0 Å². The molecule has 4 aliphatic rings. The zero-order valence-electron chi connectivity index (χ0n) is 29.4. The maximum absolute atomic E-state index is 14.0. The van der Waals surface area contributed by atoms with Gasteiger partial charge in [-0.25, -0.2) is 0 Å². The molecule has 0 unspecified atom stereocenters. The van der Waals surface area contributed by atoms with Crippen molar-refractivity contribution in [3.05, 3.63) is 51.6 Å². The van der Waals surface area contributed by atoms with Crippen LogP contribution in [0.2, 0.25) is 0 Å². The maximum atomic E-state index is 14.0. The second kappa shape index (κ2) is 13.4. The number of rotatable bonds is 7. The summed E-state index contributed by atoms with van der Waals surface area (Å²) in [7, 11) is 7.32. The Kier molecular flexibility index (Phi) is 9.82. The molecular formula is C36H48N2O12. The van der Waals surface area contributed by atoms with Crippen LogP contribution in [0.25, 0.3) is 0 Å². The van der Waals surface area contributed by atoms with E-state index in [4.69, 9.17) is 18.9 Å². The number of carbonyl (C=O) groups excluding carboxylic acids is 2. The molecule has 6 N–H and O–H groups in total. The average molecular weight is 701 g/mol. The van der Waals surface area contributed by atoms with E-state index in [-0.39, 0.29) is 54.5 Å². The number of nitrogens with zero attached hydrogens (tertiary/aromatic N) is 2. The number of ether oxygens (including phenoxy) is 4. The molecule has 0 amide bonds. The quantitative estimate of drug-likeness (QED) is 0.196. The lowest BCUT2D eigenvalue weighted by atomic mass is 9.71. The predicted octanol–water partition coefficient (Wildman–Crippen LogP) is 2.09. The number of aromatic hydroxyl groups is 3. The zero-order chi connectivity index (χ0) is 36.6. The Morgan fingerprint density at radius 2 is 1.32 bits per heavy atom. The first-order valence-corrected chi connectivity index (χ1v) is 17.1. The minimum atomic E-state index is -1.71. The molecule has 0 saturated carbocycles. The molecule has 2 aliphatic carbocycles. The van der Waals surface area contributed by atoms with Crippen LogP contribution in [0, 0.1) is 0 Å². The van der Waals surface area contributed by atoms with Crippen molar-refractivity contribution in [3.63, 3.8) is 0 Å². The third kappa shape index (κ3) is 5.99. The Hall–Kier alpha value is -3.18. The van der Waals surface area contributed by atoms with Crippen molar-refractivity contribution in [2.75, 3.05) is 28.2 Å². The number of aliphatic hydroxyl groups excluding tert-OH is 2. The van der Waals surface area contributed by atoms with E-state index >= 15 is 0 Å². The number of hydrogen-bond acceptors (Lipinski definition) is 14. The number of benzene rings is 2. The van der Waals surface area contributed by atoms with E-state index in [2.05, 4.69) is 0 Å². The van der Waals surface area contributed by atoms with E-state index in [1.165, 1.54) is 6.07 Å². The summed E-state index contributed by atoms with van der Waals surface area (Å²) in [6.45, 7) is 5.18. The van der Waals surface area contributed by atoms with Crippen molar-refractivity contribution < 1.29 is 59.2 Å². The van der Waals surface area contributed by atoms with E-state index in [0.717, 1.165) is 12.1 Å². The Bertz CT molecular complexity index is 1660. The molecule has 2 saturated heterocycles. The molecule has 50 heavy (non-hydrogen) atoms. The monoisotopic (exact) mass is 700 g/mol. The lowest BCUT2D eigenvalue weighted by Gasteiger charge is -2.48. The van der Waals surface area contributed by atoms with Crippen LogP contribution < -0.4 is 0 Å². The Balaban J connectivity index is 1.50. The third-order valence-electron chi connectivity index (χ3n) is 11.0. The number of phenols is 3. The number of carbonyl (C=O) groups is 2. The molecule has 0 bridgehead atoms. The highest BCUT2D eigenvalue weighted by Crippen LogP contribution is 2.55. The Morgan fingerprint density at radius 3 is 1.82 bits per heavy atom. The maximum Gasteiger partial charge on any atom is 0.202 e. The van der Waals surface area contributed by atoms with Crippen LogP contribution in [0.5, 0.6) is 17.2 Å². The third-order valence-corrected chi connectivity index (χ3v) is 11.0. The number of likely N-dealkylation sites (N-methyl/N-ethyl adjacent to an activating group) is 2. The first kappa shape index (κ1) is 36.6. The zero-order valence-corrected chi connectivity index (χ0v) is 29.4. The topological polar surface area (TPSA) is 199 Å². The summed E-state index contributed by atoms with van der Waals surface area (Å²) in [5.74, 6) is -3.37. The minimum Gasteiger partial charge on any atom is -0.507 e. The number of fused-ring (bicyclic) bond motifs is 3. The van der Waals surface area contributed by atoms with Gasteiger partial charge in [-0.15, -0.1) is 0 Å².